The number of fused-ring (bicyclic) bond motifs is 1. The van der Waals surface area contributed by atoms with Crippen molar-refractivity contribution in [3.63, 3.8) is 0 Å². The lowest BCUT2D eigenvalue weighted by molar-refractivity contribution is 0.0903. The molecule has 0 saturated heterocycles. The molecule has 0 saturated carbocycles. The number of hydrogen-bond acceptors (Lipinski definition) is 4. The molecule has 0 aromatic heterocycles. The van der Waals surface area contributed by atoms with Crippen molar-refractivity contribution in [2.45, 2.75) is 6.92 Å². The maximum atomic E-state index is 11.9. The third-order valence-electron chi connectivity index (χ3n) is 2.61. The van der Waals surface area contributed by atoms with Crippen molar-refractivity contribution in [1.29, 1.82) is 0 Å². The highest BCUT2D eigenvalue weighted by atomic mass is 16.5. The standard InChI is InChI=1S/C12H10O4/c1-6-10(14)7-4-3-5-8(13)9(7)11(15)12(6)16-2/h3-5,13H,1-2H3. The second kappa shape index (κ2) is 3.48. The highest BCUT2D eigenvalue weighted by Gasteiger charge is 2.32. The van der Waals surface area contributed by atoms with Crippen LogP contribution in [0, 0.1) is 0 Å². The average molecular weight is 218 g/mol. The second-order valence-electron chi connectivity index (χ2n) is 3.52. The molecule has 0 fully saturated rings. The number of benzene rings is 1. The molecular formula is C12H10O4. The lowest BCUT2D eigenvalue weighted by atomic mass is 9.88. The molecule has 16 heavy (non-hydrogen) atoms. The largest absolute Gasteiger partial charge is 0.507 e. The van der Waals surface area contributed by atoms with Gasteiger partial charge in [-0.05, 0) is 13.0 Å². The maximum absolute atomic E-state index is 11.9. The van der Waals surface area contributed by atoms with E-state index in [0.717, 1.165) is 0 Å². The highest BCUT2D eigenvalue weighted by Crippen LogP contribution is 2.31. The Morgan fingerprint density at radius 3 is 2.50 bits per heavy atom. The summed E-state index contributed by atoms with van der Waals surface area (Å²) in [6, 6.07) is 4.42. The molecule has 1 aromatic carbocycles. The van der Waals surface area contributed by atoms with E-state index in [9.17, 15) is 14.7 Å². The highest BCUT2D eigenvalue weighted by molar-refractivity contribution is 6.26. The van der Waals surface area contributed by atoms with Gasteiger partial charge in [-0.2, -0.15) is 0 Å². The van der Waals surface area contributed by atoms with Gasteiger partial charge in [0, 0.05) is 11.1 Å². The van der Waals surface area contributed by atoms with Crippen LogP contribution in [0.2, 0.25) is 0 Å². The molecule has 4 nitrogen and oxygen atoms in total. The summed E-state index contributed by atoms with van der Waals surface area (Å²) in [4.78, 5) is 23.8. The first-order valence-corrected chi connectivity index (χ1v) is 4.74. The topological polar surface area (TPSA) is 63.6 Å². The molecule has 0 spiro atoms. The number of Topliss-reactive ketones (excluding diaryl/α,β-unsaturated/α-hetero) is 2. The van der Waals surface area contributed by atoms with E-state index in [-0.39, 0.29) is 34.0 Å². The Morgan fingerprint density at radius 2 is 1.88 bits per heavy atom. The number of methoxy groups -OCH3 is 1. The summed E-state index contributed by atoms with van der Waals surface area (Å²) < 4.78 is 4.90. The lowest BCUT2D eigenvalue weighted by Crippen LogP contribution is -2.21. The van der Waals surface area contributed by atoms with Gasteiger partial charge in [-0.15, -0.1) is 0 Å². The van der Waals surface area contributed by atoms with Gasteiger partial charge < -0.3 is 9.84 Å². The number of phenolic OH excluding ortho intramolecular Hbond substituents is 1. The molecule has 0 atom stereocenters. The number of carbonyl (C=O) groups excluding carboxylic acids is 2. The maximum Gasteiger partial charge on any atom is 0.232 e. The Hall–Kier alpha value is -2.10. The summed E-state index contributed by atoms with van der Waals surface area (Å²) in [5.41, 5.74) is 0.517. The fourth-order valence-corrected chi connectivity index (χ4v) is 1.80. The quantitative estimate of drug-likeness (QED) is 0.779. The van der Waals surface area contributed by atoms with E-state index < -0.39 is 5.78 Å². The first-order chi connectivity index (χ1) is 7.57. The Morgan fingerprint density at radius 1 is 1.19 bits per heavy atom. The van der Waals surface area contributed by atoms with E-state index in [1.807, 2.05) is 0 Å². The Kier molecular flexibility index (Phi) is 2.27. The lowest BCUT2D eigenvalue weighted by Gasteiger charge is -2.18. The fourth-order valence-electron chi connectivity index (χ4n) is 1.80. The van der Waals surface area contributed by atoms with Gasteiger partial charge in [0.2, 0.25) is 5.78 Å². The SMILES string of the molecule is COC1=C(C)C(=O)c2cccc(O)c2C1=O. The number of carbonyl (C=O) groups is 2. The van der Waals surface area contributed by atoms with Gasteiger partial charge in [0.25, 0.3) is 0 Å². The van der Waals surface area contributed by atoms with Crippen LogP contribution in [0.1, 0.15) is 27.6 Å². The van der Waals surface area contributed by atoms with Crippen LogP contribution in [0.3, 0.4) is 0 Å². The Labute approximate surface area is 92.2 Å². The van der Waals surface area contributed by atoms with Gasteiger partial charge in [-0.1, -0.05) is 12.1 Å². The summed E-state index contributed by atoms with van der Waals surface area (Å²) in [7, 11) is 1.33. The number of rotatable bonds is 1. The molecular weight excluding hydrogens is 208 g/mol. The molecule has 0 amide bonds. The van der Waals surface area contributed by atoms with Crippen LogP contribution in [0.15, 0.2) is 29.5 Å². The van der Waals surface area contributed by atoms with Crippen LogP contribution >= 0.6 is 0 Å². The summed E-state index contributed by atoms with van der Waals surface area (Å²) in [6.45, 7) is 1.53. The molecule has 0 bridgehead atoms. The molecule has 0 heterocycles. The average Bonchev–Trinajstić information content (AvgIpc) is 2.26. The zero-order valence-electron chi connectivity index (χ0n) is 8.90. The number of phenols is 1. The number of hydrogen-bond donors (Lipinski definition) is 1. The molecule has 0 unspecified atom stereocenters. The van der Waals surface area contributed by atoms with E-state index in [2.05, 4.69) is 0 Å². The second-order valence-corrected chi connectivity index (χ2v) is 3.52. The molecule has 0 aliphatic heterocycles. The Balaban J connectivity index is 2.75. The zero-order valence-corrected chi connectivity index (χ0v) is 8.90. The van der Waals surface area contributed by atoms with Gasteiger partial charge >= 0.3 is 0 Å². The molecule has 1 aromatic rings. The van der Waals surface area contributed by atoms with Gasteiger partial charge in [-0.25, -0.2) is 0 Å². The van der Waals surface area contributed by atoms with Crippen LogP contribution in [0.4, 0.5) is 0 Å². The van der Waals surface area contributed by atoms with E-state index in [0.29, 0.717) is 0 Å². The number of allylic oxidation sites excluding steroid dienone is 2. The van der Waals surface area contributed by atoms with Gasteiger partial charge in [-0.3, -0.25) is 9.59 Å². The van der Waals surface area contributed by atoms with Crippen molar-refractivity contribution in [3.05, 3.63) is 40.7 Å². The smallest absolute Gasteiger partial charge is 0.232 e. The predicted molar refractivity (Wildman–Crippen MR) is 56.5 cm³/mol. The summed E-state index contributed by atoms with van der Waals surface area (Å²) in [6.07, 6.45) is 0. The van der Waals surface area contributed by atoms with E-state index in [1.165, 1.54) is 32.2 Å². The molecule has 2 rings (SSSR count). The molecule has 4 heteroatoms. The summed E-state index contributed by atoms with van der Waals surface area (Å²) in [5.74, 6) is -0.938. The van der Waals surface area contributed by atoms with Crippen molar-refractivity contribution in [3.8, 4) is 5.75 Å². The summed E-state index contributed by atoms with van der Waals surface area (Å²) >= 11 is 0. The van der Waals surface area contributed by atoms with E-state index in [1.54, 1.807) is 0 Å². The molecule has 0 radical (unpaired) electrons. The minimum absolute atomic E-state index is 0.000926. The predicted octanol–water partition coefficient (Wildman–Crippen LogP) is 1.69. The van der Waals surface area contributed by atoms with Crippen molar-refractivity contribution in [1.82, 2.24) is 0 Å². The summed E-state index contributed by atoms with van der Waals surface area (Å²) in [5, 5.41) is 9.59. The minimum atomic E-state index is -0.451. The van der Waals surface area contributed by atoms with Crippen molar-refractivity contribution < 1.29 is 19.4 Å². The van der Waals surface area contributed by atoms with Gasteiger partial charge in [0.05, 0.1) is 12.7 Å². The monoisotopic (exact) mass is 218 g/mol. The van der Waals surface area contributed by atoms with Gasteiger partial charge in [0.15, 0.2) is 11.5 Å². The van der Waals surface area contributed by atoms with Crippen LogP contribution in [0.5, 0.6) is 5.75 Å². The first kappa shape index (κ1) is 10.4. The zero-order chi connectivity index (χ0) is 11.9. The van der Waals surface area contributed by atoms with E-state index in [4.69, 9.17) is 4.74 Å². The molecule has 1 aliphatic rings. The third kappa shape index (κ3) is 1.23. The minimum Gasteiger partial charge on any atom is -0.507 e. The van der Waals surface area contributed by atoms with Crippen LogP contribution in [-0.4, -0.2) is 23.8 Å². The number of aromatic hydroxyl groups is 1. The van der Waals surface area contributed by atoms with E-state index >= 15 is 0 Å². The van der Waals surface area contributed by atoms with Gasteiger partial charge in [0.1, 0.15) is 5.75 Å². The molecule has 82 valence electrons. The molecule has 1 aliphatic carbocycles. The van der Waals surface area contributed by atoms with Crippen molar-refractivity contribution >= 4 is 11.6 Å². The normalized spacial score (nSPS) is 15.1. The van der Waals surface area contributed by atoms with Crippen molar-refractivity contribution in [2.24, 2.45) is 0 Å². The number of ether oxygens (including phenoxy) is 1. The number of ketones is 2. The van der Waals surface area contributed by atoms with Crippen LogP contribution in [0.25, 0.3) is 0 Å². The molecule has 1 N–H and O–H groups in total. The van der Waals surface area contributed by atoms with Crippen LogP contribution < -0.4 is 0 Å². The first-order valence-electron chi connectivity index (χ1n) is 4.74. The van der Waals surface area contributed by atoms with Crippen LogP contribution in [-0.2, 0) is 4.74 Å². The fraction of sp³-hybridized carbons (Fsp3) is 0.167. The Bertz CT molecular complexity index is 526. The van der Waals surface area contributed by atoms with Crippen molar-refractivity contribution in [2.75, 3.05) is 7.11 Å². The third-order valence-corrected chi connectivity index (χ3v) is 2.61.